The van der Waals surface area contributed by atoms with Gasteiger partial charge in [-0.25, -0.2) is 4.98 Å². The van der Waals surface area contributed by atoms with Crippen molar-refractivity contribution < 1.29 is 0 Å². The molecule has 0 spiro atoms. The van der Waals surface area contributed by atoms with Gasteiger partial charge >= 0.3 is 0 Å². The maximum Gasteiger partial charge on any atom is 0.127 e. The summed E-state index contributed by atoms with van der Waals surface area (Å²) in [5, 5.41) is 0.710. The fourth-order valence-electron chi connectivity index (χ4n) is 1.95. The van der Waals surface area contributed by atoms with Crippen LogP contribution in [0.5, 0.6) is 0 Å². The van der Waals surface area contributed by atoms with Crippen molar-refractivity contribution in [3.63, 3.8) is 0 Å². The van der Waals surface area contributed by atoms with Crippen LogP contribution in [0.1, 0.15) is 11.4 Å². The highest BCUT2D eigenvalue weighted by atomic mass is 35.5. The van der Waals surface area contributed by atoms with E-state index in [0.717, 1.165) is 23.6 Å². The Labute approximate surface area is 112 Å². The Kier molecular flexibility index (Phi) is 3.89. The first-order chi connectivity index (χ1) is 8.63. The van der Waals surface area contributed by atoms with Crippen LogP contribution in [-0.4, -0.2) is 16.6 Å². The highest BCUT2D eigenvalue weighted by Gasteiger charge is 2.11. The Morgan fingerprint density at radius 1 is 1.44 bits per heavy atom. The molecule has 0 saturated heterocycles. The minimum atomic E-state index is 0.430. The molecule has 4 nitrogen and oxygen atoms in total. The smallest absolute Gasteiger partial charge is 0.127 e. The lowest BCUT2D eigenvalue weighted by Crippen LogP contribution is -2.21. The molecule has 1 aromatic heterocycles. The van der Waals surface area contributed by atoms with Gasteiger partial charge in [-0.1, -0.05) is 17.7 Å². The average Bonchev–Trinajstić information content (AvgIpc) is 2.74. The molecule has 5 heteroatoms. The first kappa shape index (κ1) is 12.9. The number of aryl methyl sites for hydroxylation is 1. The molecule has 96 valence electrons. The molecule has 0 radical (unpaired) electrons. The first-order valence-electron chi connectivity index (χ1n) is 5.78. The molecule has 2 N–H and O–H groups in total. The summed E-state index contributed by atoms with van der Waals surface area (Å²) < 4.78 is 2.00. The zero-order valence-electron chi connectivity index (χ0n) is 10.6. The maximum atomic E-state index is 6.16. The number of aromatic nitrogens is 2. The van der Waals surface area contributed by atoms with E-state index >= 15 is 0 Å². The fraction of sp³-hybridized carbons (Fsp3) is 0.308. The van der Waals surface area contributed by atoms with Crippen molar-refractivity contribution >= 4 is 17.3 Å². The number of anilines is 1. The van der Waals surface area contributed by atoms with Crippen LogP contribution in [0.3, 0.4) is 0 Å². The van der Waals surface area contributed by atoms with E-state index in [1.165, 1.54) is 0 Å². The maximum absolute atomic E-state index is 6.16. The third-order valence-electron chi connectivity index (χ3n) is 3.01. The molecule has 0 saturated carbocycles. The van der Waals surface area contributed by atoms with E-state index in [1.54, 1.807) is 6.20 Å². The van der Waals surface area contributed by atoms with E-state index < -0.39 is 0 Å². The van der Waals surface area contributed by atoms with E-state index in [9.17, 15) is 0 Å². The van der Waals surface area contributed by atoms with E-state index in [-0.39, 0.29) is 0 Å². The largest absolute Gasteiger partial charge is 0.367 e. The second-order valence-electron chi connectivity index (χ2n) is 4.25. The van der Waals surface area contributed by atoms with Crippen LogP contribution in [0.25, 0.3) is 0 Å². The van der Waals surface area contributed by atoms with Gasteiger partial charge in [-0.15, -0.1) is 0 Å². The predicted molar refractivity (Wildman–Crippen MR) is 74.7 cm³/mol. The summed E-state index contributed by atoms with van der Waals surface area (Å²) in [7, 11) is 4.00. The van der Waals surface area contributed by atoms with Crippen molar-refractivity contribution in [2.45, 2.75) is 13.1 Å². The molecule has 0 atom stereocenters. The molecule has 18 heavy (non-hydrogen) atoms. The van der Waals surface area contributed by atoms with E-state index in [2.05, 4.69) is 9.88 Å². The SMILES string of the molecule is CN(Cc1nccn1C)c1cccc(Cl)c1CN. The molecule has 0 aliphatic carbocycles. The van der Waals surface area contributed by atoms with Crippen LogP contribution in [0.2, 0.25) is 5.02 Å². The van der Waals surface area contributed by atoms with E-state index in [1.807, 2.05) is 43.1 Å². The molecule has 2 aromatic rings. The number of imidazole rings is 1. The van der Waals surface area contributed by atoms with Gasteiger partial charge in [-0.05, 0) is 12.1 Å². The Balaban J connectivity index is 2.26. The van der Waals surface area contributed by atoms with E-state index in [0.29, 0.717) is 11.6 Å². The van der Waals surface area contributed by atoms with Crippen LogP contribution < -0.4 is 10.6 Å². The summed E-state index contributed by atoms with van der Waals surface area (Å²) in [6, 6.07) is 5.82. The lowest BCUT2D eigenvalue weighted by atomic mass is 10.1. The van der Waals surface area contributed by atoms with Gasteiger partial charge in [-0.3, -0.25) is 0 Å². The van der Waals surface area contributed by atoms with Crippen molar-refractivity contribution in [2.75, 3.05) is 11.9 Å². The summed E-state index contributed by atoms with van der Waals surface area (Å²) in [6.45, 7) is 1.15. The highest BCUT2D eigenvalue weighted by Crippen LogP contribution is 2.27. The molecule has 0 unspecified atom stereocenters. The lowest BCUT2D eigenvalue weighted by molar-refractivity contribution is 0.759. The standard InChI is InChI=1S/C13H17ClN4/c1-17-7-6-16-13(17)9-18(2)12-5-3-4-11(14)10(12)8-15/h3-7H,8-9,15H2,1-2H3. The third-order valence-corrected chi connectivity index (χ3v) is 3.36. The monoisotopic (exact) mass is 264 g/mol. The van der Waals surface area contributed by atoms with Gasteiger partial charge in [0.1, 0.15) is 5.82 Å². The Morgan fingerprint density at radius 3 is 2.83 bits per heavy atom. The van der Waals surface area contributed by atoms with Crippen LogP contribution in [0.4, 0.5) is 5.69 Å². The van der Waals surface area contributed by atoms with Crippen LogP contribution in [-0.2, 0) is 20.1 Å². The molecule has 0 bridgehead atoms. The second kappa shape index (κ2) is 5.42. The third kappa shape index (κ3) is 2.49. The van der Waals surface area contributed by atoms with Gasteiger partial charge in [0.2, 0.25) is 0 Å². The molecule has 0 amide bonds. The number of benzene rings is 1. The van der Waals surface area contributed by atoms with Crippen molar-refractivity contribution in [3.8, 4) is 0 Å². The number of rotatable bonds is 4. The molecular formula is C13H17ClN4. The van der Waals surface area contributed by atoms with Crippen LogP contribution in [0, 0.1) is 0 Å². The number of nitrogens with zero attached hydrogens (tertiary/aromatic N) is 3. The Morgan fingerprint density at radius 2 is 2.22 bits per heavy atom. The minimum Gasteiger partial charge on any atom is -0.367 e. The summed E-state index contributed by atoms with van der Waals surface area (Å²) in [5.74, 6) is 1.00. The van der Waals surface area contributed by atoms with Crippen molar-refractivity contribution in [3.05, 3.63) is 47.0 Å². The van der Waals surface area contributed by atoms with Gasteiger partial charge in [0, 0.05) is 49.3 Å². The molecule has 0 aliphatic rings. The van der Waals surface area contributed by atoms with Crippen molar-refractivity contribution in [1.29, 1.82) is 0 Å². The number of hydrogen-bond donors (Lipinski definition) is 1. The lowest BCUT2D eigenvalue weighted by Gasteiger charge is -2.22. The zero-order chi connectivity index (χ0) is 13.1. The average molecular weight is 265 g/mol. The number of hydrogen-bond acceptors (Lipinski definition) is 3. The van der Waals surface area contributed by atoms with Crippen molar-refractivity contribution in [1.82, 2.24) is 9.55 Å². The summed E-state index contributed by atoms with van der Waals surface area (Å²) in [4.78, 5) is 6.42. The Hall–Kier alpha value is -1.52. The van der Waals surface area contributed by atoms with Crippen LogP contribution >= 0.6 is 11.6 Å². The Bertz CT molecular complexity index is 536. The molecule has 0 fully saturated rings. The summed E-state index contributed by atoms with van der Waals surface area (Å²) in [6.07, 6.45) is 3.73. The predicted octanol–water partition coefficient (Wildman–Crippen LogP) is 2.17. The molecule has 1 aromatic carbocycles. The second-order valence-corrected chi connectivity index (χ2v) is 4.66. The first-order valence-corrected chi connectivity index (χ1v) is 6.16. The molecule has 2 rings (SSSR count). The normalized spacial score (nSPS) is 10.7. The van der Waals surface area contributed by atoms with Gasteiger partial charge in [0.15, 0.2) is 0 Å². The van der Waals surface area contributed by atoms with Crippen LogP contribution in [0.15, 0.2) is 30.6 Å². The van der Waals surface area contributed by atoms with Gasteiger partial charge in [0.25, 0.3) is 0 Å². The summed E-state index contributed by atoms with van der Waals surface area (Å²) >= 11 is 6.16. The van der Waals surface area contributed by atoms with Gasteiger partial charge < -0.3 is 15.2 Å². The minimum absolute atomic E-state index is 0.430. The number of halogens is 1. The van der Waals surface area contributed by atoms with Crippen molar-refractivity contribution in [2.24, 2.45) is 12.8 Å². The molecule has 1 heterocycles. The highest BCUT2D eigenvalue weighted by molar-refractivity contribution is 6.31. The van der Waals surface area contributed by atoms with Gasteiger partial charge in [-0.2, -0.15) is 0 Å². The summed E-state index contributed by atoms with van der Waals surface area (Å²) in [5.41, 5.74) is 7.78. The zero-order valence-corrected chi connectivity index (χ0v) is 11.4. The topological polar surface area (TPSA) is 47.1 Å². The quantitative estimate of drug-likeness (QED) is 0.921. The fourth-order valence-corrected chi connectivity index (χ4v) is 2.20. The van der Waals surface area contributed by atoms with E-state index in [4.69, 9.17) is 17.3 Å². The number of nitrogens with two attached hydrogens (primary N) is 1. The molecule has 0 aliphatic heterocycles. The van der Waals surface area contributed by atoms with Gasteiger partial charge in [0.05, 0.1) is 6.54 Å². The molecular weight excluding hydrogens is 248 g/mol.